The van der Waals surface area contributed by atoms with Crippen molar-refractivity contribution in [3.8, 4) is 5.75 Å². The largest absolute Gasteiger partial charge is 0.496 e. The molecule has 1 N–H and O–H groups in total. The van der Waals surface area contributed by atoms with Gasteiger partial charge in [0.2, 0.25) is 0 Å². The monoisotopic (exact) mass is 449 g/mol. The Labute approximate surface area is 192 Å². The number of nitrogens with one attached hydrogen (secondary N) is 1. The van der Waals surface area contributed by atoms with E-state index in [1.807, 2.05) is 53.4 Å². The van der Waals surface area contributed by atoms with Gasteiger partial charge in [0, 0.05) is 37.4 Å². The van der Waals surface area contributed by atoms with E-state index in [0.29, 0.717) is 53.8 Å². The fraction of sp³-hybridized carbons (Fsp3) is 0.200. The predicted molar refractivity (Wildman–Crippen MR) is 127 cm³/mol. The molecule has 0 unspecified atom stereocenters. The van der Waals surface area contributed by atoms with Gasteiger partial charge in [-0.1, -0.05) is 41.9 Å². The van der Waals surface area contributed by atoms with Crippen LogP contribution in [-0.2, 0) is 0 Å². The van der Waals surface area contributed by atoms with Crippen molar-refractivity contribution in [1.29, 1.82) is 0 Å². The first-order valence-electron chi connectivity index (χ1n) is 10.4. The van der Waals surface area contributed by atoms with Crippen LogP contribution < -0.4 is 15.0 Å². The molecule has 7 heteroatoms. The third-order valence-electron chi connectivity index (χ3n) is 5.49. The molecular weight excluding hydrogens is 426 g/mol. The van der Waals surface area contributed by atoms with Crippen molar-refractivity contribution in [2.45, 2.75) is 0 Å². The number of para-hydroxylation sites is 1. The van der Waals surface area contributed by atoms with Crippen LogP contribution in [0.1, 0.15) is 20.7 Å². The van der Waals surface area contributed by atoms with Crippen LogP contribution in [0.2, 0.25) is 5.02 Å². The van der Waals surface area contributed by atoms with Crippen molar-refractivity contribution < 1.29 is 14.3 Å². The molecule has 3 aromatic rings. The van der Waals surface area contributed by atoms with Gasteiger partial charge >= 0.3 is 0 Å². The summed E-state index contributed by atoms with van der Waals surface area (Å²) in [5.74, 6) is 0.292. The molecule has 0 saturated carbocycles. The highest BCUT2D eigenvalue weighted by Gasteiger charge is 2.23. The van der Waals surface area contributed by atoms with E-state index in [1.165, 1.54) is 7.11 Å². The SMILES string of the molecule is COc1ccccc1C(=O)Nc1ccc(N2CCN(C(=O)c3ccccc3)CC2)c(Cl)c1. The van der Waals surface area contributed by atoms with Gasteiger partial charge in [-0.15, -0.1) is 0 Å². The van der Waals surface area contributed by atoms with Crippen molar-refractivity contribution in [2.24, 2.45) is 0 Å². The minimum Gasteiger partial charge on any atom is -0.496 e. The van der Waals surface area contributed by atoms with E-state index in [9.17, 15) is 9.59 Å². The van der Waals surface area contributed by atoms with Gasteiger partial charge in [-0.2, -0.15) is 0 Å². The molecule has 32 heavy (non-hydrogen) atoms. The minimum absolute atomic E-state index is 0.0470. The Hall–Kier alpha value is -3.51. The lowest BCUT2D eigenvalue weighted by Crippen LogP contribution is -2.48. The zero-order valence-electron chi connectivity index (χ0n) is 17.8. The first kappa shape index (κ1) is 21.7. The Morgan fingerprint density at radius 1 is 0.906 bits per heavy atom. The molecule has 0 radical (unpaired) electrons. The molecule has 1 saturated heterocycles. The smallest absolute Gasteiger partial charge is 0.259 e. The summed E-state index contributed by atoms with van der Waals surface area (Å²) in [6, 6.07) is 21.8. The Balaban J connectivity index is 1.40. The van der Waals surface area contributed by atoms with Crippen molar-refractivity contribution in [1.82, 2.24) is 4.90 Å². The third kappa shape index (κ3) is 4.70. The third-order valence-corrected chi connectivity index (χ3v) is 5.79. The van der Waals surface area contributed by atoms with Gasteiger partial charge in [0.05, 0.1) is 23.4 Å². The first-order valence-corrected chi connectivity index (χ1v) is 10.8. The van der Waals surface area contributed by atoms with E-state index in [0.717, 1.165) is 5.69 Å². The van der Waals surface area contributed by atoms with E-state index < -0.39 is 0 Å². The van der Waals surface area contributed by atoms with Crippen LogP contribution in [0.25, 0.3) is 0 Å². The number of rotatable bonds is 5. The van der Waals surface area contributed by atoms with Gasteiger partial charge in [-0.3, -0.25) is 9.59 Å². The number of methoxy groups -OCH3 is 1. The van der Waals surface area contributed by atoms with E-state index in [1.54, 1.807) is 24.3 Å². The average Bonchev–Trinajstić information content (AvgIpc) is 2.84. The number of hydrogen-bond donors (Lipinski definition) is 1. The van der Waals surface area contributed by atoms with Crippen molar-refractivity contribution >= 4 is 34.8 Å². The number of halogens is 1. The molecular formula is C25H24ClN3O3. The Morgan fingerprint density at radius 3 is 2.28 bits per heavy atom. The molecule has 0 aliphatic carbocycles. The van der Waals surface area contributed by atoms with Gasteiger partial charge < -0.3 is 19.9 Å². The summed E-state index contributed by atoms with van der Waals surface area (Å²) in [6.45, 7) is 2.61. The Kier molecular flexibility index (Phi) is 6.61. The molecule has 1 aliphatic rings. The van der Waals surface area contributed by atoms with Crippen LogP contribution in [0.3, 0.4) is 0 Å². The lowest BCUT2D eigenvalue weighted by atomic mass is 10.1. The van der Waals surface area contributed by atoms with Crippen LogP contribution >= 0.6 is 11.6 Å². The molecule has 164 valence electrons. The predicted octanol–water partition coefficient (Wildman–Crippen LogP) is 4.56. The molecule has 6 nitrogen and oxygen atoms in total. The number of ether oxygens (including phenoxy) is 1. The van der Waals surface area contributed by atoms with Crippen LogP contribution in [0, 0.1) is 0 Å². The fourth-order valence-electron chi connectivity index (χ4n) is 3.79. The second-order valence-corrected chi connectivity index (χ2v) is 7.87. The Morgan fingerprint density at radius 2 is 1.59 bits per heavy atom. The quantitative estimate of drug-likeness (QED) is 0.620. The molecule has 0 atom stereocenters. The lowest BCUT2D eigenvalue weighted by Gasteiger charge is -2.36. The maximum absolute atomic E-state index is 12.7. The normalized spacial score (nSPS) is 13.6. The summed E-state index contributed by atoms with van der Waals surface area (Å²) < 4.78 is 5.26. The first-order chi connectivity index (χ1) is 15.6. The maximum atomic E-state index is 12.7. The van der Waals surface area contributed by atoms with E-state index >= 15 is 0 Å². The summed E-state index contributed by atoms with van der Waals surface area (Å²) in [4.78, 5) is 29.3. The molecule has 0 bridgehead atoms. The second-order valence-electron chi connectivity index (χ2n) is 7.47. The van der Waals surface area contributed by atoms with E-state index in [-0.39, 0.29) is 11.8 Å². The van der Waals surface area contributed by atoms with Gasteiger partial charge in [0.25, 0.3) is 11.8 Å². The number of carbonyl (C=O) groups excluding carboxylic acids is 2. The summed E-state index contributed by atoms with van der Waals surface area (Å²) in [7, 11) is 1.53. The summed E-state index contributed by atoms with van der Waals surface area (Å²) >= 11 is 6.55. The zero-order valence-corrected chi connectivity index (χ0v) is 18.5. The maximum Gasteiger partial charge on any atom is 0.259 e. The molecule has 1 aliphatic heterocycles. The molecule has 3 aromatic carbocycles. The summed E-state index contributed by atoms with van der Waals surface area (Å²) in [6.07, 6.45) is 0. The average molecular weight is 450 g/mol. The number of carbonyl (C=O) groups is 2. The number of piperazine rings is 1. The highest BCUT2D eigenvalue weighted by molar-refractivity contribution is 6.33. The lowest BCUT2D eigenvalue weighted by molar-refractivity contribution is 0.0746. The highest BCUT2D eigenvalue weighted by atomic mass is 35.5. The van der Waals surface area contributed by atoms with E-state index in [4.69, 9.17) is 16.3 Å². The van der Waals surface area contributed by atoms with Crippen molar-refractivity contribution in [2.75, 3.05) is 43.5 Å². The molecule has 4 rings (SSSR count). The Bertz CT molecular complexity index is 1110. The number of benzene rings is 3. The minimum atomic E-state index is -0.265. The van der Waals surface area contributed by atoms with Gasteiger partial charge in [-0.05, 0) is 42.5 Å². The van der Waals surface area contributed by atoms with Crippen molar-refractivity contribution in [3.63, 3.8) is 0 Å². The number of nitrogens with zero attached hydrogens (tertiary/aromatic N) is 2. The van der Waals surface area contributed by atoms with Gasteiger partial charge in [0.1, 0.15) is 5.75 Å². The number of anilines is 2. The zero-order chi connectivity index (χ0) is 22.5. The van der Waals surface area contributed by atoms with Crippen molar-refractivity contribution in [3.05, 3.63) is 88.9 Å². The molecule has 0 aromatic heterocycles. The molecule has 1 heterocycles. The van der Waals surface area contributed by atoms with E-state index in [2.05, 4.69) is 10.2 Å². The number of amides is 2. The fourth-order valence-corrected chi connectivity index (χ4v) is 4.09. The summed E-state index contributed by atoms with van der Waals surface area (Å²) in [5, 5.41) is 3.42. The topological polar surface area (TPSA) is 61.9 Å². The van der Waals surface area contributed by atoms with Crippen LogP contribution in [-0.4, -0.2) is 50.0 Å². The molecule has 1 fully saturated rings. The van der Waals surface area contributed by atoms with Crippen LogP contribution in [0.4, 0.5) is 11.4 Å². The number of hydrogen-bond acceptors (Lipinski definition) is 4. The standard InChI is InChI=1S/C25H24ClN3O3/c1-32-23-10-6-5-9-20(23)24(30)27-19-11-12-22(21(26)17-19)28-13-15-29(16-14-28)25(31)18-7-3-2-4-8-18/h2-12,17H,13-16H2,1H3,(H,27,30). The van der Waals surface area contributed by atoms with Crippen LogP contribution in [0.5, 0.6) is 5.75 Å². The van der Waals surface area contributed by atoms with Gasteiger partial charge in [0.15, 0.2) is 0 Å². The van der Waals surface area contributed by atoms with Crippen LogP contribution in [0.15, 0.2) is 72.8 Å². The highest BCUT2D eigenvalue weighted by Crippen LogP contribution is 2.30. The van der Waals surface area contributed by atoms with Gasteiger partial charge in [-0.25, -0.2) is 0 Å². The second kappa shape index (κ2) is 9.75. The molecule has 2 amide bonds. The summed E-state index contributed by atoms with van der Waals surface area (Å²) in [5.41, 5.74) is 2.64. The molecule has 0 spiro atoms.